The summed E-state index contributed by atoms with van der Waals surface area (Å²) in [6.07, 6.45) is -11.1. The average molecular weight is 484 g/mol. The molecule has 0 amide bonds. The molecule has 0 unspecified atom stereocenters. The Kier molecular flexibility index (Phi) is 7.45. The summed E-state index contributed by atoms with van der Waals surface area (Å²) in [7, 11) is 0. The minimum absolute atomic E-state index is 0.245. The minimum Gasteiger partial charge on any atom is -0.457 e. The number of rotatable bonds is 9. The zero-order chi connectivity index (χ0) is 25.0. The molecule has 0 aliphatic heterocycles. The fraction of sp³-hybridized carbons (Fsp3) is 0.280. The van der Waals surface area contributed by atoms with Gasteiger partial charge in [0.1, 0.15) is 23.1 Å². The molecule has 182 valence electrons. The molecule has 0 heterocycles. The fourth-order valence-electron chi connectivity index (χ4n) is 3.02. The molecule has 0 aliphatic carbocycles. The van der Waals surface area contributed by atoms with Crippen molar-refractivity contribution in [1.82, 2.24) is 0 Å². The van der Waals surface area contributed by atoms with Gasteiger partial charge >= 0.3 is 12.3 Å². The third-order valence-electron chi connectivity index (χ3n) is 4.89. The van der Waals surface area contributed by atoms with Crippen molar-refractivity contribution in [1.29, 1.82) is 0 Å². The van der Waals surface area contributed by atoms with Crippen LogP contribution in [0.2, 0.25) is 0 Å². The van der Waals surface area contributed by atoms with Crippen LogP contribution in [0, 0.1) is 5.82 Å². The lowest BCUT2D eigenvalue weighted by molar-refractivity contribution is -0.360. The predicted octanol–water partition coefficient (Wildman–Crippen LogP) is 7.65. The zero-order valence-electron chi connectivity index (χ0n) is 18.3. The second-order valence-corrected chi connectivity index (χ2v) is 8.22. The molecule has 3 nitrogen and oxygen atoms in total. The van der Waals surface area contributed by atoms with E-state index in [1.54, 1.807) is 18.2 Å². The molecule has 0 fully saturated rings. The Morgan fingerprint density at radius 2 is 1.35 bits per heavy atom. The molecule has 0 bridgehead atoms. The van der Waals surface area contributed by atoms with Gasteiger partial charge in [0.15, 0.2) is 0 Å². The average Bonchev–Trinajstić information content (AvgIpc) is 2.75. The molecule has 0 atom stereocenters. The maximum absolute atomic E-state index is 13.1. The molecule has 0 saturated carbocycles. The second kappa shape index (κ2) is 9.97. The van der Waals surface area contributed by atoms with Crippen LogP contribution in [0.15, 0.2) is 72.8 Å². The maximum atomic E-state index is 13.1. The summed E-state index contributed by atoms with van der Waals surface area (Å²) in [6.45, 7) is 4.19. The number of benzene rings is 3. The third-order valence-corrected chi connectivity index (χ3v) is 4.89. The van der Waals surface area contributed by atoms with Crippen molar-refractivity contribution in [3.05, 3.63) is 89.7 Å². The van der Waals surface area contributed by atoms with E-state index in [1.165, 1.54) is 36.4 Å². The van der Waals surface area contributed by atoms with Crippen LogP contribution < -0.4 is 9.47 Å². The quantitative estimate of drug-likeness (QED) is 0.292. The first-order chi connectivity index (χ1) is 15.9. The van der Waals surface area contributed by atoms with Gasteiger partial charge in [0.05, 0.1) is 13.2 Å². The Morgan fingerprint density at radius 3 is 1.97 bits per heavy atom. The van der Waals surface area contributed by atoms with Gasteiger partial charge in [-0.05, 0) is 59.7 Å². The molecule has 0 aliphatic rings. The van der Waals surface area contributed by atoms with Crippen LogP contribution in [0.4, 0.5) is 26.3 Å². The highest BCUT2D eigenvalue weighted by Gasteiger charge is 2.61. The number of ether oxygens (including phenoxy) is 3. The first-order valence-corrected chi connectivity index (χ1v) is 10.2. The van der Waals surface area contributed by atoms with Crippen molar-refractivity contribution in [2.75, 3.05) is 6.61 Å². The number of alkyl halides is 5. The van der Waals surface area contributed by atoms with Crippen LogP contribution in [0.3, 0.4) is 0 Å². The van der Waals surface area contributed by atoms with Gasteiger partial charge in [-0.1, -0.05) is 38.1 Å². The third kappa shape index (κ3) is 6.66. The molecule has 3 aromatic carbocycles. The van der Waals surface area contributed by atoms with Crippen molar-refractivity contribution >= 4 is 0 Å². The molecular formula is C25H22F6O3. The van der Waals surface area contributed by atoms with Crippen LogP contribution in [0.25, 0.3) is 0 Å². The summed E-state index contributed by atoms with van der Waals surface area (Å²) in [6, 6.07) is 17.8. The summed E-state index contributed by atoms with van der Waals surface area (Å²) in [5.41, 5.74) is 0.935. The Labute approximate surface area is 192 Å². The zero-order valence-corrected chi connectivity index (χ0v) is 18.3. The monoisotopic (exact) mass is 484 g/mol. The maximum Gasteiger partial charge on any atom is 0.499 e. The van der Waals surface area contributed by atoms with E-state index in [1.807, 2.05) is 19.9 Å². The van der Waals surface area contributed by atoms with E-state index in [4.69, 9.17) is 9.47 Å². The smallest absolute Gasteiger partial charge is 0.457 e. The standard InChI is InChI=1S/C25H22F6O3/c1-23(2,18-6-10-21(11-7-18)34-25(30,31)24(27,28)29)16-32-15-17-4-3-5-22(14-17)33-20-12-8-19(26)9-13-20/h3-14H,15-16H2,1-2H3. The lowest BCUT2D eigenvalue weighted by Gasteiger charge is -2.26. The highest BCUT2D eigenvalue weighted by molar-refractivity contribution is 5.34. The van der Waals surface area contributed by atoms with E-state index < -0.39 is 23.4 Å². The minimum atomic E-state index is -5.81. The first kappa shape index (κ1) is 25.4. The summed E-state index contributed by atoms with van der Waals surface area (Å²) < 4.78 is 91.4. The van der Waals surface area contributed by atoms with E-state index >= 15 is 0 Å². The number of hydrogen-bond donors (Lipinski definition) is 0. The van der Waals surface area contributed by atoms with Crippen LogP contribution in [-0.4, -0.2) is 18.9 Å². The Bertz CT molecular complexity index is 1080. The highest BCUT2D eigenvalue weighted by atomic mass is 19.4. The van der Waals surface area contributed by atoms with E-state index in [0.29, 0.717) is 17.1 Å². The molecular weight excluding hydrogens is 462 g/mol. The summed E-state index contributed by atoms with van der Waals surface area (Å²) >= 11 is 0. The van der Waals surface area contributed by atoms with Gasteiger partial charge in [0, 0.05) is 5.41 Å². The number of hydrogen-bond acceptors (Lipinski definition) is 3. The summed E-state index contributed by atoms with van der Waals surface area (Å²) in [5, 5.41) is 0. The molecule has 0 saturated heterocycles. The van der Waals surface area contributed by atoms with Crippen molar-refractivity contribution in [3.63, 3.8) is 0 Å². The van der Waals surface area contributed by atoms with Crippen LogP contribution in [0.1, 0.15) is 25.0 Å². The summed E-state index contributed by atoms with van der Waals surface area (Å²) in [5.74, 6) is 0.0820. The molecule has 0 aromatic heterocycles. The first-order valence-electron chi connectivity index (χ1n) is 10.2. The lowest BCUT2D eigenvalue weighted by atomic mass is 9.85. The molecule has 0 radical (unpaired) electrons. The van der Waals surface area contributed by atoms with Crippen molar-refractivity contribution in [2.24, 2.45) is 0 Å². The van der Waals surface area contributed by atoms with Gasteiger partial charge in [0.25, 0.3) is 0 Å². The molecule has 34 heavy (non-hydrogen) atoms. The molecule has 3 rings (SSSR count). The topological polar surface area (TPSA) is 27.7 Å². The van der Waals surface area contributed by atoms with Gasteiger partial charge in [-0.2, -0.15) is 22.0 Å². The van der Waals surface area contributed by atoms with Gasteiger partial charge in [-0.25, -0.2) is 4.39 Å². The van der Waals surface area contributed by atoms with Crippen LogP contribution in [0.5, 0.6) is 17.2 Å². The van der Waals surface area contributed by atoms with Crippen LogP contribution in [-0.2, 0) is 16.8 Å². The SMILES string of the molecule is CC(C)(COCc1cccc(Oc2ccc(F)cc2)c1)c1ccc(OC(F)(F)C(F)(F)F)cc1. The van der Waals surface area contributed by atoms with Gasteiger partial charge in [-0.15, -0.1) is 0 Å². The molecule has 0 spiro atoms. The predicted molar refractivity (Wildman–Crippen MR) is 114 cm³/mol. The van der Waals surface area contributed by atoms with Gasteiger partial charge in [-0.3, -0.25) is 0 Å². The van der Waals surface area contributed by atoms with Gasteiger partial charge < -0.3 is 14.2 Å². The fourth-order valence-corrected chi connectivity index (χ4v) is 3.02. The van der Waals surface area contributed by atoms with E-state index in [2.05, 4.69) is 4.74 Å². The Morgan fingerprint density at radius 1 is 0.735 bits per heavy atom. The normalized spacial score (nSPS) is 12.5. The lowest BCUT2D eigenvalue weighted by Crippen LogP contribution is -2.41. The van der Waals surface area contributed by atoms with E-state index in [0.717, 1.165) is 17.7 Å². The second-order valence-electron chi connectivity index (χ2n) is 8.22. The Hall–Kier alpha value is -3.20. The van der Waals surface area contributed by atoms with Crippen molar-refractivity contribution < 1.29 is 40.6 Å². The highest BCUT2D eigenvalue weighted by Crippen LogP contribution is 2.37. The molecule has 9 heteroatoms. The van der Waals surface area contributed by atoms with Crippen molar-refractivity contribution in [3.8, 4) is 17.2 Å². The van der Waals surface area contributed by atoms with E-state index in [9.17, 15) is 26.3 Å². The Balaban J connectivity index is 1.56. The summed E-state index contributed by atoms with van der Waals surface area (Å²) in [4.78, 5) is 0. The molecule has 3 aromatic rings. The van der Waals surface area contributed by atoms with Gasteiger partial charge in [0.2, 0.25) is 0 Å². The van der Waals surface area contributed by atoms with Crippen molar-refractivity contribution in [2.45, 2.75) is 38.2 Å². The molecule has 0 N–H and O–H groups in total. The van der Waals surface area contributed by atoms with Crippen LogP contribution >= 0.6 is 0 Å². The largest absolute Gasteiger partial charge is 0.499 e. The van der Waals surface area contributed by atoms with E-state index in [-0.39, 0.29) is 19.0 Å². The number of halogens is 6.